The van der Waals surface area contributed by atoms with Gasteiger partial charge in [0.15, 0.2) is 0 Å². The van der Waals surface area contributed by atoms with Gasteiger partial charge in [0.05, 0.1) is 8.69 Å². The third-order valence-electron chi connectivity index (χ3n) is 0. The van der Waals surface area contributed by atoms with Crippen molar-refractivity contribution in [2.75, 3.05) is 0 Å². The van der Waals surface area contributed by atoms with E-state index < -0.39 is 16.5 Å². The summed E-state index contributed by atoms with van der Waals surface area (Å²) in [5.74, 6) is 0. The van der Waals surface area contributed by atoms with Crippen LogP contribution in [0.2, 0.25) is 0 Å². The van der Waals surface area contributed by atoms with Crippen LogP contribution in [0.25, 0.3) is 0 Å². The molecule has 0 fully saturated rings. The van der Waals surface area contributed by atoms with Gasteiger partial charge in [0.25, 0.3) is 7.82 Å². The predicted octanol–water partition coefficient (Wildman–Crippen LogP) is -8.00. The van der Waals surface area contributed by atoms with E-state index in [0.29, 0.717) is 0 Å². The Morgan fingerprint density at radius 3 is 1.40 bits per heavy atom. The fourth-order valence-corrected chi connectivity index (χ4v) is 0. The van der Waals surface area contributed by atoms with Gasteiger partial charge in [-0.05, 0) is 0 Å². The van der Waals surface area contributed by atoms with Crippen LogP contribution >= 0.6 is 16.5 Å². The van der Waals surface area contributed by atoms with Crippen molar-refractivity contribution >= 4 is 16.5 Å². The number of phosphoric acid groups is 1. The van der Waals surface area contributed by atoms with Gasteiger partial charge >= 0.3 is 80.9 Å². The Hall–Kier alpha value is 2.81. The molecule has 2 N–H and O–H groups in total. The fraction of sp³-hybridized carbons (Fsp3) is 0. The minimum atomic E-state index is -4.89. The van der Waals surface area contributed by atoms with Gasteiger partial charge in [-0.15, -0.1) is 0 Å². The smallest absolute Gasteiger partial charge is 0.772 e. The van der Waals surface area contributed by atoms with E-state index in [2.05, 4.69) is 0 Å². The second-order valence-electron chi connectivity index (χ2n) is 0.565. The third-order valence-corrected chi connectivity index (χ3v) is 0. The molecule has 10 heteroatoms. The van der Waals surface area contributed by atoms with Gasteiger partial charge in [0, 0.05) is 0 Å². The number of rotatable bonds is 0. The van der Waals surface area contributed by atoms with Gasteiger partial charge in [0.2, 0.25) is 0 Å². The first-order chi connectivity index (χ1) is 3.41. The molecule has 0 aromatic rings. The van der Waals surface area contributed by atoms with Crippen LogP contribution in [0.5, 0.6) is 0 Å². The topological polar surface area (TPSA) is 121 Å². The molecule has 0 spiro atoms. The van der Waals surface area contributed by atoms with Crippen LogP contribution in [0.1, 0.15) is 0 Å². The summed E-state index contributed by atoms with van der Waals surface area (Å²) in [7, 11) is -5.97. The predicted molar refractivity (Wildman–Crippen MR) is 19.7 cm³/mol. The van der Waals surface area contributed by atoms with E-state index >= 15 is 0 Å². The molecule has 6 nitrogen and oxygen atoms in total. The average molecular weight is 222 g/mol. The van der Waals surface area contributed by atoms with E-state index in [1.165, 1.54) is 0 Å². The number of hydrogen-bond acceptors (Lipinski definition) is 4. The monoisotopic (exact) mass is 222 g/mol. The molecule has 0 aliphatic carbocycles. The Morgan fingerprint density at radius 1 is 1.40 bits per heavy atom. The molecule has 0 atom stereocenters. The Labute approximate surface area is 124 Å². The minimum Gasteiger partial charge on any atom is -0.772 e. The van der Waals surface area contributed by atoms with E-state index in [-0.39, 0.29) is 80.9 Å². The molecular weight excluding hydrogens is 220 g/mol. The third kappa shape index (κ3) is 132. The maximum absolute atomic E-state index is 8.77. The van der Waals surface area contributed by atoms with Gasteiger partial charge < -0.3 is 19.6 Å². The van der Waals surface area contributed by atoms with Gasteiger partial charge in [-0.2, -0.15) is 0 Å². The Morgan fingerprint density at radius 2 is 1.40 bits per heavy atom. The Bertz CT molecular complexity index is 89.7. The Kier molecular flexibility index (Phi) is 33.0. The fourth-order valence-electron chi connectivity index (χ4n) is 0. The summed E-state index contributed by atoms with van der Waals surface area (Å²) in [6.45, 7) is 0. The van der Waals surface area contributed by atoms with Crippen molar-refractivity contribution in [2.24, 2.45) is 0 Å². The molecule has 10 heavy (non-hydrogen) atoms. The molecule has 0 aromatic carbocycles. The van der Waals surface area contributed by atoms with Crippen LogP contribution in [-0.2, 0) is 9.13 Å². The van der Waals surface area contributed by atoms with Gasteiger partial charge in [-0.1, -0.05) is 0 Å². The van der Waals surface area contributed by atoms with Crippen LogP contribution in [-0.4, -0.2) is 9.79 Å². The van der Waals surface area contributed by atoms with E-state index in [1.807, 2.05) is 0 Å². The molecule has 0 radical (unpaired) electrons. The summed E-state index contributed by atoms with van der Waals surface area (Å²) in [4.78, 5) is 31.3. The second-order valence-corrected chi connectivity index (χ2v) is 1.70. The maximum atomic E-state index is 8.77. The summed E-state index contributed by atoms with van der Waals surface area (Å²) >= 11 is 0. The van der Waals surface area contributed by atoms with Gasteiger partial charge in [-0.3, -0.25) is 9.13 Å². The first-order valence-electron chi connectivity index (χ1n) is 1.13. The molecule has 0 saturated heterocycles. The van der Waals surface area contributed by atoms with Gasteiger partial charge in [-0.25, -0.2) is 0 Å². The van der Waals surface area contributed by atoms with Crippen molar-refractivity contribution in [3.05, 3.63) is 0 Å². The van der Waals surface area contributed by atoms with Crippen LogP contribution < -0.4 is 90.7 Å². The summed E-state index contributed by atoms with van der Waals surface area (Å²) in [6, 6.07) is 0. The van der Waals surface area contributed by atoms with Crippen molar-refractivity contribution in [1.82, 2.24) is 0 Å². The van der Waals surface area contributed by atoms with Crippen LogP contribution in [0.15, 0.2) is 0 Å². The summed E-state index contributed by atoms with van der Waals surface area (Å²) < 4.78 is 17.1. The van der Waals surface area contributed by atoms with Crippen molar-refractivity contribution in [3.63, 3.8) is 0 Å². The largest absolute Gasteiger partial charge is 1.00 e. The van der Waals surface area contributed by atoms with E-state index in [4.69, 9.17) is 28.7 Å². The molecule has 0 saturated carbocycles. The van der Waals surface area contributed by atoms with E-state index in [1.54, 1.807) is 0 Å². The second kappa shape index (κ2) is 14.3. The molecule has 0 rings (SSSR count). The standard InChI is InChI=1S/K.Na.H3O4P.HO2P/c;;1-5(2,3)4;1-3-2/h;;(H3,1,2,3,4);(H,1,2)/q2*+1;;/p-2. The number of hydrogen-bond donors (Lipinski definition) is 2. The SMILES string of the molecule is O=P([O-])(O)O.O=P[O-].[K+].[Na+]. The van der Waals surface area contributed by atoms with E-state index in [9.17, 15) is 0 Å². The van der Waals surface area contributed by atoms with Crippen molar-refractivity contribution < 1.29 is 110 Å². The molecular formula is H2KNaO6P2. The van der Waals surface area contributed by atoms with E-state index in [0.717, 1.165) is 0 Å². The zero-order chi connectivity index (χ0) is 7.21. The molecule has 0 bridgehead atoms. The van der Waals surface area contributed by atoms with Crippen LogP contribution in [0, 0.1) is 0 Å². The quantitative estimate of drug-likeness (QED) is 0.310. The molecule has 0 aliphatic heterocycles. The summed E-state index contributed by atoms with van der Waals surface area (Å²) in [5, 5.41) is 0. The van der Waals surface area contributed by atoms with Crippen LogP contribution in [0.3, 0.4) is 0 Å². The Balaban J connectivity index is -0.0000000326. The normalized spacial score (nSPS) is 8.00. The summed E-state index contributed by atoms with van der Waals surface area (Å²) in [5.41, 5.74) is 0. The van der Waals surface area contributed by atoms with Crippen molar-refractivity contribution in [3.8, 4) is 0 Å². The first-order valence-corrected chi connectivity index (χ1v) is 3.39. The zero-order valence-electron chi connectivity index (χ0n) is 5.42. The van der Waals surface area contributed by atoms with Crippen molar-refractivity contribution in [2.45, 2.75) is 0 Å². The molecule has 0 unspecified atom stereocenters. The van der Waals surface area contributed by atoms with Crippen LogP contribution in [0.4, 0.5) is 0 Å². The average Bonchev–Trinajstić information content (AvgIpc) is 1.27. The molecule has 0 amide bonds. The maximum Gasteiger partial charge on any atom is 1.00 e. The molecule has 50 valence electrons. The van der Waals surface area contributed by atoms with Gasteiger partial charge in [0.1, 0.15) is 0 Å². The molecule has 0 heterocycles. The summed E-state index contributed by atoms with van der Waals surface area (Å²) in [6.07, 6.45) is 0. The minimum absolute atomic E-state index is 0. The molecule has 0 aliphatic rings. The molecule has 0 aromatic heterocycles. The zero-order valence-corrected chi connectivity index (χ0v) is 12.3. The first kappa shape index (κ1) is 23.0. The van der Waals surface area contributed by atoms with Crippen molar-refractivity contribution in [1.29, 1.82) is 0 Å².